The molecule has 0 spiro atoms. The fraction of sp³-hybridized carbons (Fsp3) is 0.188. The summed E-state index contributed by atoms with van der Waals surface area (Å²) in [4.78, 5) is 25.3. The summed E-state index contributed by atoms with van der Waals surface area (Å²) < 4.78 is 12.9. The summed E-state index contributed by atoms with van der Waals surface area (Å²) in [5, 5.41) is 11.1. The van der Waals surface area contributed by atoms with Crippen LogP contribution in [0, 0.1) is 15.9 Å². The Hall–Kier alpha value is -2.41. The van der Waals surface area contributed by atoms with Gasteiger partial charge in [-0.2, -0.15) is 0 Å². The van der Waals surface area contributed by atoms with E-state index in [1.807, 2.05) is 6.26 Å². The van der Waals surface area contributed by atoms with Gasteiger partial charge in [0.2, 0.25) is 0 Å². The van der Waals surface area contributed by atoms with Crippen molar-refractivity contribution in [1.82, 2.24) is 4.90 Å². The van der Waals surface area contributed by atoms with Gasteiger partial charge in [-0.3, -0.25) is 14.9 Å². The van der Waals surface area contributed by atoms with Gasteiger partial charge < -0.3 is 4.90 Å². The Morgan fingerprint density at radius 2 is 1.91 bits per heavy atom. The van der Waals surface area contributed by atoms with E-state index in [9.17, 15) is 19.3 Å². The van der Waals surface area contributed by atoms with Crippen molar-refractivity contribution < 1.29 is 14.1 Å². The predicted octanol–water partition coefficient (Wildman–Crippen LogP) is 3.73. The van der Waals surface area contributed by atoms with E-state index < -0.39 is 10.8 Å². The molecule has 0 atom stereocenters. The number of carbonyl (C=O) groups excluding carboxylic acids is 1. The molecule has 7 heteroatoms. The Morgan fingerprint density at radius 3 is 2.48 bits per heavy atom. The molecule has 0 N–H and O–H groups in total. The summed E-state index contributed by atoms with van der Waals surface area (Å²) in [7, 11) is 1.56. The normalized spacial score (nSPS) is 10.4. The number of nitro benzene ring substituents is 1. The van der Waals surface area contributed by atoms with Gasteiger partial charge in [-0.25, -0.2) is 4.39 Å². The summed E-state index contributed by atoms with van der Waals surface area (Å²) in [5.41, 5.74) is 0.566. The van der Waals surface area contributed by atoms with E-state index in [1.165, 1.54) is 40.9 Å². The molecule has 0 radical (unpaired) electrons. The molecule has 0 heterocycles. The van der Waals surface area contributed by atoms with Crippen molar-refractivity contribution in [2.24, 2.45) is 0 Å². The quantitative estimate of drug-likeness (QED) is 0.475. The van der Waals surface area contributed by atoms with Crippen LogP contribution in [0.25, 0.3) is 0 Å². The molecule has 1 amide bonds. The van der Waals surface area contributed by atoms with Gasteiger partial charge in [-0.1, -0.05) is 12.1 Å². The Balaban J connectivity index is 2.27. The second kappa shape index (κ2) is 7.23. The summed E-state index contributed by atoms with van der Waals surface area (Å²) >= 11 is 1.40. The minimum atomic E-state index is -0.566. The van der Waals surface area contributed by atoms with Crippen molar-refractivity contribution in [2.45, 2.75) is 11.4 Å². The largest absolute Gasteiger partial charge is 0.337 e. The van der Waals surface area contributed by atoms with Crippen molar-refractivity contribution in [2.75, 3.05) is 13.3 Å². The van der Waals surface area contributed by atoms with Crippen LogP contribution >= 0.6 is 11.8 Å². The summed E-state index contributed by atoms with van der Waals surface area (Å²) in [6, 6.07) is 10.2. The highest BCUT2D eigenvalue weighted by Gasteiger charge is 2.23. The Kier molecular flexibility index (Phi) is 5.33. The number of carbonyl (C=O) groups is 1. The third-order valence-electron chi connectivity index (χ3n) is 3.31. The topological polar surface area (TPSA) is 63.5 Å². The molecule has 0 saturated heterocycles. The summed E-state index contributed by atoms with van der Waals surface area (Å²) in [6.07, 6.45) is 1.83. The van der Waals surface area contributed by atoms with Crippen LogP contribution in [-0.4, -0.2) is 29.0 Å². The van der Waals surface area contributed by atoms with E-state index in [1.54, 1.807) is 25.2 Å². The fourth-order valence-electron chi connectivity index (χ4n) is 2.11. The Morgan fingerprint density at radius 1 is 1.26 bits per heavy atom. The number of hydrogen-bond donors (Lipinski definition) is 0. The standard InChI is InChI=1S/C16H15FN2O3S/c1-18(10-11-3-5-12(17)6-4-11)16(20)14-9-13(23-2)7-8-15(14)19(21)22/h3-9H,10H2,1-2H3. The van der Waals surface area contributed by atoms with Crippen LogP contribution in [0.15, 0.2) is 47.4 Å². The predicted molar refractivity (Wildman–Crippen MR) is 87.1 cm³/mol. The van der Waals surface area contributed by atoms with Crippen LogP contribution in [0.5, 0.6) is 0 Å². The van der Waals surface area contributed by atoms with E-state index >= 15 is 0 Å². The minimum absolute atomic E-state index is 0.0476. The molecular weight excluding hydrogens is 319 g/mol. The molecule has 0 bridgehead atoms. The maximum atomic E-state index is 12.9. The lowest BCUT2D eigenvalue weighted by Gasteiger charge is -2.17. The van der Waals surface area contributed by atoms with Gasteiger partial charge >= 0.3 is 0 Å². The number of rotatable bonds is 5. The average Bonchev–Trinajstić information content (AvgIpc) is 2.55. The molecule has 120 valence electrons. The van der Waals surface area contributed by atoms with E-state index in [-0.39, 0.29) is 23.6 Å². The van der Waals surface area contributed by atoms with Crippen molar-refractivity contribution in [3.63, 3.8) is 0 Å². The molecular formula is C16H15FN2O3S. The second-order valence-corrected chi connectivity index (χ2v) is 5.81. The highest BCUT2D eigenvalue weighted by molar-refractivity contribution is 7.98. The molecule has 2 rings (SSSR count). The number of hydrogen-bond acceptors (Lipinski definition) is 4. The van der Waals surface area contributed by atoms with Crippen molar-refractivity contribution in [3.05, 3.63) is 69.5 Å². The maximum Gasteiger partial charge on any atom is 0.282 e. The lowest BCUT2D eigenvalue weighted by Crippen LogP contribution is -2.27. The lowest BCUT2D eigenvalue weighted by molar-refractivity contribution is -0.385. The SMILES string of the molecule is CSc1ccc([N+](=O)[O-])c(C(=O)N(C)Cc2ccc(F)cc2)c1. The van der Waals surface area contributed by atoms with E-state index in [0.717, 1.165) is 10.5 Å². The zero-order valence-electron chi connectivity index (χ0n) is 12.7. The van der Waals surface area contributed by atoms with Crippen molar-refractivity contribution >= 4 is 23.4 Å². The van der Waals surface area contributed by atoms with Gasteiger partial charge in [0.05, 0.1) is 4.92 Å². The van der Waals surface area contributed by atoms with Crippen LogP contribution in [0.2, 0.25) is 0 Å². The fourth-order valence-corrected chi connectivity index (χ4v) is 2.55. The van der Waals surface area contributed by atoms with Crippen LogP contribution in [0.1, 0.15) is 15.9 Å². The van der Waals surface area contributed by atoms with Crippen molar-refractivity contribution in [1.29, 1.82) is 0 Å². The zero-order chi connectivity index (χ0) is 17.0. The molecule has 23 heavy (non-hydrogen) atoms. The van der Waals surface area contributed by atoms with Gasteiger partial charge in [0.25, 0.3) is 11.6 Å². The molecule has 2 aromatic rings. The minimum Gasteiger partial charge on any atom is -0.337 e. The third kappa shape index (κ3) is 4.07. The summed E-state index contributed by atoms with van der Waals surface area (Å²) in [5.74, 6) is -0.803. The Bertz CT molecular complexity index is 735. The van der Waals surface area contributed by atoms with E-state index in [2.05, 4.69) is 0 Å². The second-order valence-electron chi connectivity index (χ2n) is 4.93. The maximum absolute atomic E-state index is 12.9. The number of nitrogens with zero attached hydrogens (tertiary/aromatic N) is 2. The zero-order valence-corrected chi connectivity index (χ0v) is 13.5. The number of thioether (sulfide) groups is 1. The monoisotopic (exact) mass is 334 g/mol. The molecule has 0 fully saturated rings. The summed E-state index contributed by atoms with van der Waals surface area (Å²) in [6.45, 7) is 0.236. The third-order valence-corrected chi connectivity index (χ3v) is 4.04. The lowest BCUT2D eigenvalue weighted by atomic mass is 10.1. The average molecular weight is 334 g/mol. The highest BCUT2D eigenvalue weighted by atomic mass is 32.2. The molecule has 0 aromatic heterocycles. The highest BCUT2D eigenvalue weighted by Crippen LogP contribution is 2.26. The van der Waals surface area contributed by atoms with Crippen LogP contribution in [0.3, 0.4) is 0 Å². The Labute approximate surface area is 137 Å². The first-order valence-electron chi connectivity index (χ1n) is 6.74. The first-order valence-corrected chi connectivity index (χ1v) is 7.97. The van der Waals surface area contributed by atoms with Gasteiger partial charge in [-0.05, 0) is 36.1 Å². The smallest absolute Gasteiger partial charge is 0.282 e. The van der Waals surface area contributed by atoms with E-state index in [0.29, 0.717) is 0 Å². The number of amides is 1. The molecule has 0 saturated carbocycles. The molecule has 0 aliphatic heterocycles. The first kappa shape index (κ1) is 17.0. The van der Waals surface area contributed by atoms with Gasteiger partial charge in [0.15, 0.2) is 0 Å². The number of nitro groups is 1. The number of benzene rings is 2. The van der Waals surface area contributed by atoms with Crippen LogP contribution in [0.4, 0.5) is 10.1 Å². The molecule has 0 unspecified atom stereocenters. The molecule has 0 aliphatic carbocycles. The molecule has 0 aliphatic rings. The van der Waals surface area contributed by atoms with Gasteiger partial charge in [0, 0.05) is 24.6 Å². The van der Waals surface area contributed by atoms with Crippen molar-refractivity contribution in [3.8, 4) is 0 Å². The van der Waals surface area contributed by atoms with Crippen LogP contribution in [-0.2, 0) is 6.54 Å². The van der Waals surface area contributed by atoms with Gasteiger partial charge in [-0.15, -0.1) is 11.8 Å². The van der Waals surface area contributed by atoms with E-state index in [4.69, 9.17) is 0 Å². The molecule has 5 nitrogen and oxygen atoms in total. The number of halogens is 1. The van der Waals surface area contributed by atoms with Gasteiger partial charge in [0.1, 0.15) is 11.4 Å². The first-order chi connectivity index (χ1) is 10.9. The molecule has 2 aromatic carbocycles. The van der Waals surface area contributed by atoms with Crippen LogP contribution < -0.4 is 0 Å².